The van der Waals surface area contributed by atoms with Crippen LogP contribution in [0.25, 0.3) is 0 Å². The molecule has 0 aliphatic carbocycles. The minimum Gasteiger partial charge on any atom is -0.469 e. The summed E-state index contributed by atoms with van der Waals surface area (Å²) in [6.45, 7) is 2.63. The molecule has 1 aromatic rings. The Bertz CT molecular complexity index is 223. The average Bonchev–Trinajstić information content (AvgIpc) is 2.68. The van der Waals surface area contributed by atoms with E-state index in [1.165, 1.54) is 0 Å². The van der Waals surface area contributed by atoms with E-state index in [-0.39, 0.29) is 6.67 Å². The van der Waals surface area contributed by atoms with Crippen molar-refractivity contribution in [1.29, 1.82) is 0 Å². The van der Waals surface area contributed by atoms with Crippen molar-refractivity contribution in [3.8, 4) is 0 Å². The maximum atomic E-state index is 11.8. The maximum Gasteiger partial charge on any atom is 0.103 e. The number of aryl methyl sites for hydroxylation is 1. The molecule has 3 heteroatoms. The van der Waals surface area contributed by atoms with E-state index in [4.69, 9.17) is 4.42 Å². The second-order valence-electron chi connectivity index (χ2n) is 3.52. The van der Waals surface area contributed by atoms with Crippen LogP contribution in [0.15, 0.2) is 22.8 Å². The first kappa shape index (κ1) is 11.2. The molecule has 1 aromatic heterocycles. The first-order valence-electron chi connectivity index (χ1n) is 5.14. The van der Waals surface area contributed by atoms with Gasteiger partial charge in [0.25, 0.3) is 0 Å². The van der Waals surface area contributed by atoms with Crippen molar-refractivity contribution in [2.45, 2.75) is 32.2 Å². The third-order valence-corrected chi connectivity index (χ3v) is 2.21. The zero-order chi connectivity index (χ0) is 10.2. The summed E-state index contributed by atoms with van der Waals surface area (Å²) in [5.74, 6) is 1.02. The average molecular weight is 199 g/mol. The Hall–Kier alpha value is -0.830. The summed E-state index contributed by atoms with van der Waals surface area (Å²) < 4.78 is 17.0. The van der Waals surface area contributed by atoms with Crippen LogP contribution < -0.4 is 5.32 Å². The number of halogens is 1. The van der Waals surface area contributed by atoms with Gasteiger partial charge in [-0.25, -0.2) is 0 Å². The fourth-order valence-corrected chi connectivity index (χ4v) is 1.33. The molecule has 1 rings (SSSR count). The zero-order valence-electron chi connectivity index (χ0n) is 8.63. The monoisotopic (exact) mass is 199 g/mol. The van der Waals surface area contributed by atoms with Crippen molar-refractivity contribution in [1.82, 2.24) is 5.32 Å². The van der Waals surface area contributed by atoms with E-state index < -0.39 is 0 Å². The lowest BCUT2D eigenvalue weighted by molar-refractivity contribution is 0.425. The van der Waals surface area contributed by atoms with E-state index in [0.29, 0.717) is 12.5 Å². The Morgan fingerprint density at radius 3 is 3.07 bits per heavy atom. The highest BCUT2D eigenvalue weighted by Crippen LogP contribution is 2.05. The van der Waals surface area contributed by atoms with Gasteiger partial charge in [-0.1, -0.05) is 0 Å². The third-order valence-electron chi connectivity index (χ3n) is 2.21. The number of hydrogen-bond acceptors (Lipinski definition) is 2. The molecule has 14 heavy (non-hydrogen) atoms. The van der Waals surface area contributed by atoms with Crippen LogP contribution in [0.4, 0.5) is 4.39 Å². The van der Waals surface area contributed by atoms with Gasteiger partial charge < -0.3 is 9.73 Å². The van der Waals surface area contributed by atoms with Gasteiger partial charge in [0.05, 0.1) is 12.9 Å². The van der Waals surface area contributed by atoms with Crippen molar-refractivity contribution < 1.29 is 8.81 Å². The highest BCUT2D eigenvalue weighted by atomic mass is 19.1. The Balaban J connectivity index is 2.06. The molecule has 0 saturated heterocycles. The fourth-order valence-electron chi connectivity index (χ4n) is 1.33. The van der Waals surface area contributed by atoms with Gasteiger partial charge in [0, 0.05) is 12.5 Å². The van der Waals surface area contributed by atoms with Crippen molar-refractivity contribution in [3.05, 3.63) is 24.2 Å². The summed E-state index contributed by atoms with van der Waals surface area (Å²) in [4.78, 5) is 0. The second-order valence-corrected chi connectivity index (χ2v) is 3.52. The molecule has 0 saturated carbocycles. The maximum absolute atomic E-state index is 11.8. The molecule has 1 atom stereocenters. The Labute approximate surface area is 84.5 Å². The Morgan fingerprint density at radius 2 is 2.43 bits per heavy atom. The molecule has 0 amide bonds. The standard InChI is InChI=1S/C11H18FNO/c1-10(13-8-3-7-12)5-6-11-4-2-9-14-11/h2,4,9-10,13H,3,5-8H2,1H3. The zero-order valence-corrected chi connectivity index (χ0v) is 8.63. The number of furan rings is 1. The molecule has 0 spiro atoms. The summed E-state index contributed by atoms with van der Waals surface area (Å²) in [5, 5.41) is 3.26. The van der Waals surface area contributed by atoms with Crippen molar-refractivity contribution in [3.63, 3.8) is 0 Å². The molecule has 0 aromatic carbocycles. The van der Waals surface area contributed by atoms with Crippen LogP contribution in [0.2, 0.25) is 0 Å². The molecular weight excluding hydrogens is 181 g/mol. The number of hydrogen-bond donors (Lipinski definition) is 1. The number of nitrogens with one attached hydrogen (secondary N) is 1. The van der Waals surface area contributed by atoms with Gasteiger partial charge in [-0.05, 0) is 38.4 Å². The van der Waals surface area contributed by atoms with Crippen LogP contribution in [-0.4, -0.2) is 19.3 Å². The molecule has 80 valence electrons. The van der Waals surface area contributed by atoms with Gasteiger partial charge in [-0.3, -0.25) is 4.39 Å². The van der Waals surface area contributed by atoms with E-state index in [1.807, 2.05) is 12.1 Å². The largest absolute Gasteiger partial charge is 0.469 e. The lowest BCUT2D eigenvalue weighted by atomic mass is 10.1. The first-order valence-corrected chi connectivity index (χ1v) is 5.14. The second kappa shape index (κ2) is 6.60. The van der Waals surface area contributed by atoms with Crippen LogP contribution in [0, 0.1) is 0 Å². The molecular formula is C11H18FNO. The van der Waals surface area contributed by atoms with Gasteiger partial charge >= 0.3 is 0 Å². The van der Waals surface area contributed by atoms with E-state index in [0.717, 1.165) is 25.1 Å². The fraction of sp³-hybridized carbons (Fsp3) is 0.636. The Kier molecular flexibility index (Phi) is 5.30. The van der Waals surface area contributed by atoms with Gasteiger partial charge in [-0.15, -0.1) is 0 Å². The Morgan fingerprint density at radius 1 is 1.57 bits per heavy atom. The van der Waals surface area contributed by atoms with E-state index in [9.17, 15) is 4.39 Å². The predicted octanol–water partition coefficient (Wildman–Crippen LogP) is 2.55. The molecule has 2 nitrogen and oxygen atoms in total. The summed E-state index contributed by atoms with van der Waals surface area (Å²) in [7, 11) is 0. The lowest BCUT2D eigenvalue weighted by Crippen LogP contribution is -2.27. The minimum absolute atomic E-state index is 0.238. The summed E-state index contributed by atoms with van der Waals surface area (Å²) >= 11 is 0. The summed E-state index contributed by atoms with van der Waals surface area (Å²) in [6, 6.07) is 4.30. The minimum atomic E-state index is -0.238. The molecule has 0 aliphatic rings. The van der Waals surface area contributed by atoms with Crippen molar-refractivity contribution in [2.24, 2.45) is 0 Å². The SMILES string of the molecule is CC(CCc1ccco1)NCCCF. The lowest BCUT2D eigenvalue weighted by Gasteiger charge is -2.11. The summed E-state index contributed by atoms with van der Waals surface area (Å²) in [5.41, 5.74) is 0. The topological polar surface area (TPSA) is 25.2 Å². The van der Waals surface area contributed by atoms with Crippen LogP contribution in [0.3, 0.4) is 0 Å². The number of alkyl halides is 1. The first-order chi connectivity index (χ1) is 6.83. The van der Waals surface area contributed by atoms with Gasteiger partial charge in [0.1, 0.15) is 5.76 Å². The van der Waals surface area contributed by atoms with Crippen molar-refractivity contribution >= 4 is 0 Å². The van der Waals surface area contributed by atoms with Gasteiger partial charge in [0.15, 0.2) is 0 Å². The van der Waals surface area contributed by atoms with Gasteiger partial charge in [-0.2, -0.15) is 0 Å². The normalized spacial score (nSPS) is 13.0. The quantitative estimate of drug-likeness (QED) is 0.683. The van der Waals surface area contributed by atoms with Crippen LogP contribution >= 0.6 is 0 Å². The number of rotatable bonds is 7. The molecule has 0 fully saturated rings. The third kappa shape index (κ3) is 4.42. The smallest absolute Gasteiger partial charge is 0.103 e. The molecule has 0 bridgehead atoms. The van der Waals surface area contributed by atoms with Crippen LogP contribution in [0.5, 0.6) is 0 Å². The van der Waals surface area contributed by atoms with Crippen molar-refractivity contribution in [2.75, 3.05) is 13.2 Å². The van der Waals surface area contributed by atoms with E-state index in [2.05, 4.69) is 12.2 Å². The highest BCUT2D eigenvalue weighted by Gasteiger charge is 2.02. The van der Waals surface area contributed by atoms with E-state index >= 15 is 0 Å². The summed E-state index contributed by atoms with van der Waals surface area (Å²) in [6.07, 6.45) is 4.26. The molecule has 1 unspecified atom stereocenters. The molecule has 0 aliphatic heterocycles. The van der Waals surface area contributed by atoms with Crippen LogP contribution in [-0.2, 0) is 6.42 Å². The molecule has 1 N–H and O–H groups in total. The molecule has 1 heterocycles. The van der Waals surface area contributed by atoms with E-state index in [1.54, 1.807) is 6.26 Å². The predicted molar refractivity (Wildman–Crippen MR) is 55.1 cm³/mol. The molecule has 0 radical (unpaired) electrons. The van der Waals surface area contributed by atoms with Gasteiger partial charge in [0.2, 0.25) is 0 Å². The van der Waals surface area contributed by atoms with Crippen LogP contribution in [0.1, 0.15) is 25.5 Å². The highest BCUT2D eigenvalue weighted by molar-refractivity contribution is 4.98.